The summed E-state index contributed by atoms with van der Waals surface area (Å²) < 4.78 is 7.53. The largest absolute Gasteiger partial charge is 0.547 e. The molecule has 1 nitrogen and oxygen atoms in total. The van der Waals surface area contributed by atoms with Gasteiger partial charge in [0.1, 0.15) is 5.75 Å². The van der Waals surface area contributed by atoms with E-state index in [0.29, 0.717) is 0 Å². The smallest absolute Gasteiger partial charge is 0.229 e. The lowest BCUT2D eigenvalue weighted by atomic mass is 9.80. The predicted molar refractivity (Wildman–Crippen MR) is 116 cm³/mol. The predicted octanol–water partition coefficient (Wildman–Crippen LogP) is 7.01. The molecule has 25 heavy (non-hydrogen) atoms. The van der Waals surface area contributed by atoms with Crippen LogP contribution in [0.5, 0.6) is 5.75 Å². The molecule has 0 unspecified atom stereocenters. The summed E-state index contributed by atoms with van der Waals surface area (Å²) in [5.41, 5.74) is 1.36. The van der Waals surface area contributed by atoms with Crippen LogP contribution in [0.1, 0.15) is 26.3 Å². The van der Waals surface area contributed by atoms with E-state index in [0.717, 1.165) is 10.2 Å². The number of hydrogen-bond donors (Lipinski definition) is 0. The van der Waals surface area contributed by atoms with Crippen LogP contribution in [0.25, 0.3) is 32.3 Å². The van der Waals surface area contributed by atoms with Gasteiger partial charge in [0.25, 0.3) is 0 Å². The Morgan fingerprint density at radius 3 is 2.12 bits per heavy atom. The first-order chi connectivity index (χ1) is 11.8. The maximum absolute atomic E-state index is 6.37. The highest BCUT2D eigenvalue weighted by molar-refractivity contribution is 9.10. The van der Waals surface area contributed by atoms with Crippen LogP contribution in [-0.4, -0.2) is 9.04 Å². The Morgan fingerprint density at radius 2 is 1.44 bits per heavy atom. The highest BCUT2D eigenvalue weighted by Gasteiger charge is 2.25. The molecule has 0 saturated heterocycles. The summed E-state index contributed by atoms with van der Waals surface area (Å²) in [6, 6.07) is 15.6. The number of hydrogen-bond acceptors (Lipinski definition) is 1. The minimum absolute atomic E-state index is 0.0260. The van der Waals surface area contributed by atoms with Gasteiger partial charge in [0.2, 0.25) is 9.04 Å². The summed E-state index contributed by atoms with van der Waals surface area (Å²) in [7, 11) is -1.18. The Balaban J connectivity index is 2.24. The molecule has 4 rings (SSSR count). The second-order valence-corrected chi connectivity index (χ2v) is 11.3. The first-order valence-corrected chi connectivity index (χ1v) is 12.4. The number of benzene rings is 4. The van der Waals surface area contributed by atoms with Gasteiger partial charge >= 0.3 is 0 Å². The second kappa shape index (κ2) is 5.71. The normalized spacial score (nSPS) is 12.8. The van der Waals surface area contributed by atoms with E-state index in [-0.39, 0.29) is 5.41 Å². The van der Waals surface area contributed by atoms with Crippen LogP contribution >= 0.6 is 15.9 Å². The number of rotatable bonds is 2. The molecule has 0 radical (unpaired) electrons. The molecule has 4 aromatic carbocycles. The molecule has 0 amide bonds. The maximum atomic E-state index is 6.37. The summed E-state index contributed by atoms with van der Waals surface area (Å²) in [5, 5.41) is 7.88. The average molecular weight is 411 g/mol. The van der Waals surface area contributed by atoms with Crippen molar-refractivity contribution in [2.75, 3.05) is 0 Å². The highest BCUT2D eigenvalue weighted by Crippen LogP contribution is 2.45. The van der Waals surface area contributed by atoms with Crippen LogP contribution in [-0.2, 0) is 5.41 Å². The van der Waals surface area contributed by atoms with Crippen molar-refractivity contribution >= 4 is 57.3 Å². The summed E-state index contributed by atoms with van der Waals surface area (Å²) in [4.78, 5) is 0. The van der Waals surface area contributed by atoms with Crippen LogP contribution in [0.2, 0.25) is 13.1 Å². The van der Waals surface area contributed by atoms with Crippen molar-refractivity contribution in [3.63, 3.8) is 0 Å². The monoisotopic (exact) mass is 410 g/mol. The fraction of sp³-hybridized carbons (Fsp3) is 0.273. The van der Waals surface area contributed by atoms with Crippen molar-refractivity contribution in [1.29, 1.82) is 0 Å². The number of halogens is 1. The molecular formula is C22H23BrOSi. The van der Waals surface area contributed by atoms with E-state index < -0.39 is 9.04 Å². The van der Waals surface area contributed by atoms with Crippen LogP contribution < -0.4 is 4.43 Å². The lowest BCUT2D eigenvalue weighted by Crippen LogP contribution is -2.18. The molecule has 0 N–H and O–H groups in total. The highest BCUT2D eigenvalue weighted by atomic mass is 79.9. The quantitative estimate of drug-likeness (QED) is 0.255. The minimum atomic E-state index is -1.18. The summed E-state index contributed by atoms with van der Waals surface area (Å²) >= 11 is 3.73. The first kappa shape index (κ1) is 16.9. The Labute approximate surface area is 159 Å². The molecule has 3 heteroatoms. The van der Waals surface area contributed by atoms with E-state index in [4.69, 9.17) is 4.43 Å². The zero-order chi connectivity index (χ0) is 17.9. The van der Waals surface area contributed by atoms with Crippen LogP contribution in [0.3, 0.4) is 0 Å². The molecule has 0 aliphatic rings. The molecule has 0 saturated carbocycles. The van der Waals surface area contributed by atoms with Crippen molar-refractivity contribution in [2.45, 2.75) is 39.3 Å². The van der Waals surface area contributed by atoms with E-state index >= 15 is 0 Å². The van der Waals surface area contributed by atoms with Gasteiger partial charge in [0.15, 0.2) is 0 Å². The van der Waals surface area contributed by atoms with Gasteiger partial charge in [-0.05, 0) is 63.0 Å². The Hall–Kier alpha value is -1.58. The van der Waals surface area contributed by atoms with Crippen molar-refractivity contribution in [1.82, 2.24) is 0 Å². The van der Waals surface area contributed by atoms with E-state index in [9.17, 15) is 0 Å². The van der Waals surface area contributed by atoms with Crippen LogP contribution in [0, 0.1) is 0 Å². The third-order valence-electron chi connectivity index (χ3n) is 4.81. The van der Waals surface area contributed by atoms with Crippen LogP contribution in [0.15, 0.2) is 46.9 Å². The minimum Gasteiger partial charge on any atom is -0.547 e. The van der Waals surface area contributed by atoms with E-state index in [1.807, 2.05) is 0 Å². The van der Waals surface area contributed by atoms with E-state index in [1.54, 1.807) is 0 Å². The fourth-order valence-corrected chi connectivity index (χ4v) is 5.09. The second-order valence-electron chi connectivity index (χ2n) is 8.14. The van der Waals surface area contributed by atoms with E-state index in [1.165, 1.54) is 37.9 Å². The van der Waals surface area contributed by atoms with Gasteiger partial charge in [-0.15, -0.1) is 0 Å². The van der Waals surface area contributed by atoms with Crippen molar-refractivity contribution in [2.24, 2.45) is 0 Å². The Kier molecular flexibility index (Phi) is 3.85. The van der Waals surface area contributed by atoms with Gasteiger partial charge in [-0.3, -0.25) is 0 Å². The van der Waals surface area contributed by atoms with Crippen molar-refractivity contribution < 1.29 is 4.43 Å². The zero-order valence-corrected chi connectivity index (χ0v) is 18.1. The lowest BCUT2D eigenvalue weighted by Gasteiger charge is -2.28. The third kappa shape index (κ3) is 2.65. The Morgan fingerprint density at radius 1 is 0.840 bits per heavy atom. The van der Waals surface area contributed by atoms with E-state index in [2.05, 4.69) is 92.3 Å². The lowest BCUT2D eigenvalue weighted by molar-refractivity contribution is 0.525. The topological polar surface area (TPSA) is 9.23 Å². The third-order valence-corrected chi connectivity index (χ3v) is 6.22. The maximum Gasteiger partial charge on any atom is 0.229 e. The molecule has 0 aliphatic heterocycles. The van der Waals surface area contributed by atoms with Gasteiger partial charge in [-0.1, -0.05) is 67.0 Å². The molecule has 0 bridgehead atoms. The molecule has 0 spiro atoms. The molecule has 0 fully saturated rings. The fourth-order valence-electron chi connectivity index (χ4n) is 3.93. The van der Waals surface area contributed by atoms with Gasteiger partial charge in [-0.25, -0.2) is 0 Å². The first-order valence-electron chi connectivity index (χ1n) is 8.84. The molecule has 4 aromatic rings. The van der Waals surface area contributed by atoms with Gasteiger partial charge in [-0.2, -0.15) is 0 Å². The van der Waals surface area contributed by atoms with Crippen molar-refractivity contribution in [3.05, 3.63) is 52.5 Å². The standard InChI is InChI=1S/C22H23BrOSi/c1-22(2,3)21-16-10-9-15-17(23)11-8-13-6-7-14(20(16)19(13)15)12-18(21)24-25(4)5/h6-12,25H,1-5H3. The summed E-state index contributed by atoms with van der Waals surface area (Å²) in [6.45, 7) is 11.3. The van der Waals surface area contributed by atoms with Gasteiger partial charge < -0.3 is 4.43 Å². The van der Waals surface area contributed by atoms with Gasteiger partial charge in [0.05, 0.1) is 0 Å². The molecular weight excluding hydrogens is 388 g/mol. The molecule has 0 aliphatic carbocycles. The van der Waals surface area contributed by atoms with Gasteiger partial charge in [0, 0.05) is 10.0 Å². The Bertz CT molecular complexity index is 1090. The SMILES string of the molecule is C[SiH](C)Oc1cc2ccc3ccc(Br)c4ccc(c1C(C)(C)C)c2c34. The molecule has 0 atom stereocenters. The molecule has 0 heterocycles. The van der Waals surface area contributed by atoms with Crippen molar-refractivity contribution in [3.8, 4) is 5.75 Å². The zero-order valence-electron chi connectivity index (χ0n) is 15.4. The molecule has 0 aromatic heterocycles. The van der Waals surface area contributed by atoms with Crippen LogP contribution in [0.4, 0.5) is 0 Å². The summed E-state index contributed by atoms with van der Waals surface area (Å²) in [6.07, 6.45) is 0. The summed E-state index contributed by atoms with van der Waals surface area (Å²) in [5.74, 6) is 1.07. The molecule has 128 valence electrons. The average Bonchev–Trinajstić information content (AvgIpc) is 2.52.